The Morgan fingerprint density at radius 3 is 2.46 bits per heavy atom. The molecule has 2 aromatic carbocycles. The van der Waals surface area contributed by atoms with Crippen LogP contribution in [0.25, 0.3) is 11.3 Å². The van der Waals surface area contributed by atoms with Gasteiger partial charge in [0, 0.05) is 12.6 Å². The summed E-state index contributed by atoms with van der Waals surface area (Å²) in [6.45, 7) is 0.317. The molecule has 0 amide bonds. The molecule has 26 heavy (non-hydrogen) atoms. The highest BCUT2D eigenvalue weighted by molar-refractivity contribution is 14.1. The molecule has 0 N–H and O–H groups in total. The molecule has 0 aliphatic carbocycles. The van der Waals surface area contributed by atoms with Gasteiger partial charge >= 0.3 is 0 Å². The lowest BCUT2D eigenvalue weighted by Crippen LogP contribution is -2.33. The quantitative estimate of drug-likeness (QED) is 0.533. The van der Waals surface area contributed by atoms with E-state index < -0.39 is 10.0 Å². The topological polar surface area (TPSA) is 51.5 Å². The molecule has 0 fully saturated rings. The van der Waals surface area contributed by atoms with Crippen LogP contribution in [0.2, 0.25) is 0 Å². The minimum Gasteiger partial charge on any atom is -0.497 e. The maximum absolute atomic E-state index is 13.4. The summed E-state index contributed by atoms with van der Waals surface area (Å²) in [6.07, 6.45) is 0. The Morgan fingerprint density at radius 1 is 1.08 bits per heavy atom. The predicted octanol–water partition coefficient (Wildman–Crippen LogP) is 4.01. The lowest BCUT2D eigenvalue weighted by Gasteiger charge is -2.30. The average Bonchev–Trinajstić information content (AvgIpc) is 2.96. The fraction of sp³-hybridized carbons (Fsp3) is 0.158. The Kier molecular flexibility index (Phi) is 4.23. The SMILES string of the molecule is COc1ccc(S(=O)(=O)N2Cc3ccccc3-c3c2cc(I)n3C)cc1. The van der Waals surface area contributed by atoms with Gasteiger partial charge in [0.25, 0.3) is 10.0 Å². The lowest BCUT2D eigenvalue weighted by atomic mass is 10.0. The minimum atomic E-state index is -3.69. The fourth-order valence-electron chi connectivity index (χ4n) is 3.28. The van der Waals surface area contributed by atoms with E-state index in [0.717, 1.165) is 20.5 Å². The highest BCUT2D eigenvalue weighted by atomic mass is 127. The molecule has 3 aromatic rings. The highest BCUT2D eigenvalue weighted by Crippen LogP contribution is 2.43. The number of sulfonamides is 1. The summed E-state index contributed by atoms with van der Waals surface area (Å²) in [5, 5.41) is 0. The van der Waals surface area contributed by atoms with E-state index in [4.69, 9.17) is 4.74 Å². The summed E-state index contributed by atoms with van der Waals surface area (Å²) in [7, 11) is -0.167. The standard InChI is InChI=1S/C19H17IN2O3S/c1-21-18(20)11-17-19(21)16-6-4-3-5-13(16)12-22(17)26(23,24)15-9-7-14(25-2)8-10-15/h3-11H,12H2,1-2H3. The maximum atomic E-state index is 13.4. The van der Waals surface area contributed by atoms with Crippen molar-refractivity contribution in [1.82, 2.24) is 4.57 Å². The number of methoxy groups -OCH3 is 1. The molecule has 1 aliphatic rings. The van der Waals surface area contributed by atoms with Crippen molar-refractivity contribution in [2.24, 2.45) is 7.05 Å². The van der Waals surface area contributed by atoms with Gasteiger partial charge in [-0.25, -0.2) is 8.42 Å². The number of hydrogen-bond donors (Lipinski definition) is 0. The molecule has 0 unspecified atom stereocenters. The first-order valence-electron chi connectivity index (χ1n) is 8.04. The third-order valence-corrected chi connectivity index (χ3v) is 7.47. The molecule has 0 radical (unpaired) electrons. The number of aromatic nitrogens is 1. The first-order chi connectivity index (χ1) is 12.4. The summed E-state index contributed by atoms with van der Waals surface area (Å²) in [5.74, 6) is 0.628. The Hall–Kier alpha value is -2.00. The van der Waals surface area contributed by atoms with E-state index >= 15 is 0 Å². The average molecular weight is 480 g/mol. The van der Waals surface area contributed by atoms with Gasteiger partial charge in [-0.15, -0.1) is 0 Å². The number of fused-ring (bicyclic) bond motifs is 3. The van der Waals surface area contributed by atoms with Gasteiger partial charge in [0.2, 0.25) is 0 Å². The van der Waals surface area contributed by atoms with Crippen LogP contribution in [0.15, 0.2) is 59.5 Å². The van der Waals surface area contributed by atoms with Crippen LogP contribution in [0.3, 0.4) is 0 Å². The number of ether oxygens (including phenoxy) is 1. The molecule has 0 saturated carbocycles. The molecule has 1 aliphatic heterocycles. The molecule has 7 heteroatoms. The first-order valence-corrected chi connectivity index (χ1v) is 10.6. The zero-order valence-electron chi connectivity index (χ0n) is 14.3. The highest BCUT2D eigenvalue weighted by Gasteiger charge is 2.34. The number of benzene rings is 2. The number of anilines is 1. The first kappa shape index (κ1) is 17.4. The summed E-state index contributed by atoms with van der Waals surface area (Å²) >= 11 is 2.23. The fourth-order valence-corrected chi connectivity index (χ4v) is 5.26. The molecular formula is C19H17IN2O3S. The van der Waals surface area contributed by atoms with Gasteiger partial charge in [-0.2, -0.15) is 0 Å². The van der Waals surface area contributed by atoms with E-state index in [9.17, 15) is 8.42 Å². The molecule has 0 bridgehead atoms. The molecule has 4 rings (SSSR count). The van der Waals surface area contributed by atoms with Gasteiger partial charge in [0.15, 0.2) is 0 Å². The van der Waals surface area contributed by atoms with E-state index in [1.807, 2.05) is 41.9 Å². The Morgan fingerprint density at radius 2 is 1.77 bits per heavy atom. The zero-order valence-corrected chi connectivity index (χ0v) is 17.3. The summed E-state index contributed by atoms with van der Waals surface area (Å²) < 4.78 is 36.4. The second kappa shape index (κ2) is 6.31. The van der Waals surface area contributed by atoms with Gasteiger partial charge in [0.1, 0.15) is 5.75 Å². The summed E-state index contributed by atoms with van der Waals surface area (Å²) in [4.78, 5) is 0.252. The maximum Gasteiger partial charge on any atom is 0.264 e. The Labute approximate surface area is 166 Å². The van der Waals surface area contributed by atoms with Gasteiger partial charge < -0.3 is 9.30 Å². The lowest BCUT2D eigenvalue weighted by molar-refractivity contribution is 0.414. The minimum absolute atomic E-state index is 0.252. The van der Waals surface area contributed by atoms with Crippen molar-refractivity contribution < 1.29 is 13.2 Å². The van der Waals surface area contributed by atoms with Gasteiger partial charge in [-0.1, -0.05) is 24.3 Å². The summed E-state index contributed by atoms with van der Waals surface area (Å²) in [5.41, 5.74) is 3.71. The van der Waals surface area contributed by atoms with Crippen LogP contribution in [0.4, 0.5) is 5.69 Å². The number of rotatable bonds is 3. The monoisotopic (exact) mass is 480 g/mol. The Bertz CT molecular complexity index is 1090. The number of nitrogens with zero attached hydrogens (tertiary/aromatic N) is 2. The van der Waals surface area contributed by atoms with Crippen LogP contribution in [0.5, 0.6) is 5.75 Å². The molecule has 1 aromatic heterocycles. The van der Waals surface area contributed by atoms with Crippen molar-refractivity contribution in [1.29, 1.82) is 0 Å². The van der Waals surface area contributed by atoms with Gasteiger partial charge in [-0.05, 0) is 58.5 Å². The smallest absolute Gasteiger partial charge is 0.264 e. The third-order valence-electron chi connectivity index (χ3n) is 4.66. The molecule has 0 saturated heterocycles. The van der Waals surface area contributed by atoms with Crippen molar-refractivity contribution in [3.8, 4) is 17.0 Å². The van der Waals surface area contributed by atoms with E-state index in [-0.39, 0.29) is 4.90 Å². The van der Waals surface area contributed by atoms with Gasteiger partial charge in [0.05, 0.1) is 33.6 Å². The molecule has 2 heterocycles. The van der Waals surface area contributed by atoms with Crippen LogP contribution in [-0.2, 0) is 23.6 Å². The van der Waals surface area contributed by atoms with Crippen molar-refractivity contribution in [3.63, 3.8) is 0 Å². The van der Waals surface area contributed by atoms with Crippen molar-refractivity contribution in [2.75, 3.05) is 11.4 Å². The van der Waals surface area contributed by atoms with E-state index in [0.29, 0.717) is 18.0 Å². The Balaban J connectivity index is 1.89. The number of halogens is 1. The zero-order chi connectivity index (χ0) is 18.5. The third kappa shape index (κ3) is 2.61. The predicted molar refractivity (Wildman–Crippen MR) is 110 cm³/mol. The van der Waals surface area contributed by atoms with Crippen LogP contribution in [0, 0.1) is 3.70 Å². The van der Waals surface area contributed by atoms with Crippen molar-refractivity contribution in [2.45, 2.75) is 11.4 Å². The molecule has 134 valence electrons. The number of hydrogen-bond acceptors (Lipinski definition) is 3. The normalized spacial score (nSPS) is 13.3. The molecule has 0 spiro atoms. The van der Waals surface area contributed by atoms with E-state index in [1.165, 1.54) is 4.31 Å². The van der Waals surface area contributed by atoms with Crippen LogP contribution >= 0.6 is 22.6 Å². The van der Waals surface area contributed by atoms with Crippen LogP contribution in [-0.4, -0.2) is 20.1 Å². The molecule has 5 nitrogen and oxygen atoms in total. The van der Waals surface area contributed by atoms with Gasteiger partial charge in [-0.3, -0.25) is 4.31 Å². The second-order valence-electron chi connectivity index (χ2n) is 6.10. The van der Waals surface area contributed by atoms with E-state index in [2.05, 4.69) is 22.6 Å². The van der Waals surface area contributed by atoms with Crippen molar-refractivity contribution >= 4 is 38.3 Å². The van der Waals surface area contributed by atoms with E-state index in [1.54, 1.807) is 31.4 Å². The second-order valence-corrected chi connectivity index (χ2v) is 9.07. The van der Waals surface area contributed by atoms with Crippen molar-refractivity contribution in [3.05, 3.63) is 63.9 Å². The molecular weight excluding hydrogens is 463 g/mol. The van der Waals surface area contributed by atoms with Crippen LogP contribution < -0.4 is 9.04 Å². The van der Waals surface area contributed by atoms with Crippen LogP contribution in [0.1, 0.15) is 5.56 Å². The molecule has 0 atom stereocenters. The largest absolute Gasteiger partial charge is 0.497 e. The summed E-state index contributed by atoms with van der Waals surface area (Å²) in [6, 6.07) is 16.4.